The Morgan fingerprint density at radius 1 is 0.477 bits per heavy atom. The highest BCUT2D eigenvalue weighted by atomic mass is 16.6. The zero-order chi connectivity index (χ0) is 30.0. The third-order valence-corrected chi connectivity index (χ3v) is 8.09. The summed E-state index contributed by atoms with van der Waals surface area (Å²) in [6.45, 7) is 4.24. The quantitative estimate of drug-likeness (QED) is 0.140. The van der Waals surface area contributed by atoms with Crippen LogP contribution < -0.4 is 0 Å². The van der Waals surface area contributed by atoms with Gasteiger partial charge < -0.3 is 23.7 Å². The van der Waals surface area contributed by atoms with E-state index in [0.717, 1.165) is 22.3 Å². The number of hydrogen-bond acceptors (Lipinski definition) is 5. The van der Waals surface area contributed by atoms with Gasteiger partial charge in [0.1, 0.15) is 24.4 Å². The molecule has 0 bridgehead atoms. The maximum atomic E-state index is 6.80. The highest BCUT2D eigenvalue weighted by molar-refractivity contribution is 5.82. The summed E-state index contributed by atoms with van der Waals surface area (Å²) in [6.07, 6.45) is -1.72. The lowest BCUT2D eigenvalue weighted by molar-refractivity contribution is -0.269. The van der Waals surface area contributed by atoms with E-state index in [2.05, 4.69) is 85.8 Å². The molecule has 1 saturated heterocycles. The van der Waals surface area contributed by atoms with Crippen molar-refractivity contribution in [3.8, 4) is 0 Å². The van der Waals surface area contributed by atoms with Crippen LogP contribution in [0.1, 0.15) is 29.2 Å². The SMILES string of the molecule is CC1OC(COCc2ccccc2)C(OCc2ccccc2)C(OCc2ccc3ccccc3c2)C1OCc1ccccc1. The number of ether oxygens (including phenoxy) is 5. The third-order valence-electron chi connectivity index (χ3n) is 8.09. The van der Waals surface area contributed by atoms with E-state index in [4.69, 9.17) is 23.7 Å². The zero-order valence-electron chi connectivity index (χ0n) is 25.2. The summed E-state index contributed by atoms with van der Waals surface area (Å²) in [7, 11) is 0. The molecule has 5 heteroatoms. The van der Waals surface area contributed by atoms with Crippen LogP contribution in [0.4, 0.5) is 0 Å². The Morgan fingerprint density at radius 2 is 0.977 bits per heavy atom. The van der Waals surface area contributed by atoms with E-state index in [-0.39, 0.29) is 24.4 Å². The number of rotatable bonds is 13. The van der Waals surface area contributed by atoms with Gasteiger partial charge in [0.15, 0.2) is 0 Å². The molecule has 0 aliphatic carbocycles. The fraction of sp³-hybridized carbons (Fsp3) is 0.282. The van der Waals surface area contributed by atoms with Gasteiger partial charge in [-0.3, -0.25) is 0 Å². The summed E-state index contributed by atoms with van der Waals surface area (Å²) in [5.74, 6) is 0. The van der Waals surface area contributed by atoms with Crippen molar-refractivity contribution in [3.05, 3.63) is 156 Å². The fourth-order valence-corrected chi connectivity index (χ4v) is 5.77. The van der Waals surface area contributed by atoms with Crippen molar-refractivity contribution in [3.63, 3.8) is 0 Å². The summed E-state index contributed by atoms with van der Waals surface area (Å²) < 4.78 is 32.9. The number of fused-ring (bicyclic) bond motifs is 1. The van der Waals surface area contributed by atoms with Crippen LogP contribution in [0, 0.1) is 0 Å². The predicted octanol–water partition coefficient (Wildman–Crippen LogP) is 7.90. The molecule has 0 radical (unpaired) electrons. The smallest absolute Gasteiger partial charge is 0.115 e. The molecule has 5 atom stereocenters. The Kier molecular flexibility index (Phi) is 10.5. The number of benzene rings is 5. The first-order valence-corrected chi connectivity index (χ1v) is 15.4. The van der Waals surface area contributed by atoms with Crippen molar-refractivity contribution in [2.45, 2.75) is 63.9 Å². The minimum Gasteiger partial charge on any atom is -0.374 e. The Bertz CT molecular complexity index is 1560. The molecule has 0 amide bonds. The van der Waals surface area contributed by atoms with Gasteiger partial charge in [0.25, 0.3) is 0 Å². The van der Waals surface area contributed by atoms with Crippen LogP contribution in [0.5, 0.6) is 0 Å². The molecule has 6 rings (SSSR count). The first-order valence-electron chi connectivity index (χ1n) is 15.4. The Hall–Kier alpha value is -3.84. The van der Waals surface area contributed by atoms with Crippen molar-refractivity contribution >= 4 is 10.8 Å². The van der Waals surface area contributed by atoms with Crippen LogP contribution >= 0.6 is 0 Å². The second-order valence-corrected chi connectivity index (χ2v) is 11.4. The van der Waals surface area contributed by atoms with Gasteiger partial charge in [0, 0.05) is 0 Å². The molecule has 226 valence electrons. The van der Waals surface area contributed by atoms with Gasteiger partial charge in [-0.25, -0.2) is 0 Å². The highest BCUT2D eigenvalue weighted by Crippen LogP contribution is 2.31. The summed E-state index contributed by atoms with van der Waals surface area (Å²) in [5, 5.41) is 2.40. The average molecular weight is 589 g/mol. The van der Waals surface area contributed by atoms with Crippen molar-refractivity contribution in [1.82, 2.24) is 0 Å². The van der Waals surface area contributed by atoms with Gasteiger partial charge in [0.05, 0.1) is 39.1 Å². The highest BCUT2D eigenvalue weighted by Gasteiger charge is 2.46. The normalized spacial score (nSPS) is 21.8. The summed E-state index contributed by atoms with van der Waals surface area (Å²) in [6, 6.07) is 45.5. The largest absolute Gasteiger partial charge is 0.374 e. The van der Waals surface area contributed by atoms with E-state index >= 15 is 0 Å². The molecule has 0 N–H and O–H groups in total. The fourth-order valence-electron chi connectivity index (χ4n) is 5.77. The van der Waals surface area contributed by atoms with Crippen LogP contribution in [-0.4, -0.2) is 37.1 Å². The van der Waals surface area contributed by atoms with E-state index in [1.165, 1.54) is 10.8 Å². The van der Waals surface area contributed by atoms with Crippen molar-refractivity contribution in [2.75, 3.05) is 6.61 Å². The Balaban J connectivity index is 1.25. The van der Waals surface area contributed by atoms with Gasteiger partial charge in [-0.1, -0.05) is 127 Å². The summed E-state index contributed by atoms with van der Waals surface area (Å²) >= 11 is 0. The van der Waals surface area contributed by atoms with Gasteiger partial charge >= 0.3 is 0 Å². The van der Waals surface area contributed by atoms with Crippen LogP contribution in [0.3, 0.4) is 0 Å². The van der Waals surface area contributed by atoms with E-state index in [9.17, 15) is 0 Å². The van der Waals surface area contributed by atoms with Crippen LogP contribution in [-0.2, 0) is 50.1 Å². The van der Waals surface area contributed by atoms with E-state index in [0.29, 0.717) is 33.0 Å². The first-order chi connectivity index (χ1) is 21.7. The Labute approximate surface area is 260 Å². The molecule has 5 nitrogen and oxygen atoms in total. The minimum atomic E-state index is -0.414. The van der Waals surface area contributed by atoms with Gasteiger partial charge in [-0.2, -0.15) is 0 Å². The molecule has 5 aromatic carbocycles. The lowest BCUT2D eigenvalue weighted by atomic mass is 9.94. The van der Waals surface area contributed by atoms with E-state index < -0.39 is 6.10 Å². The summed E-state index contributed by atoms with van der Waals surface area (Å²) in [4.78, 5) is 0. The zero-order valence-corrected chi connectivity index (χ0v) is 25.2. The first kappa shape index (κ1) is 30.2. The predicted molar refractivity (Wildman–Crippen MR) is 173 cm³/mol. The molecule has 1 aliphatic rings. The molecule has 1 aliphatic heterocycles. The summed E-state index contributed by atoms with van der Waals surface area (Å²) in [5.41, 5.74) is 4.41. The molecular formula is C39H40O5. The van der Waals surface area contributed by atoms with Gasteiger partial charge in [0.2, 0.25) is 0 Å². The second-order valence-electron chi connectivity index (χ2n) is 11.4. The maximum Gasteiger partial charge on any atom is 0.115 e. The Morgan fingerprint density at radius 3 is 1.61 bits per heavy atom. The van der Waals surface area contributed by atoms with E-state index in [1.54, 1.807) is 0 Å². The third kappa shape index (κ3) is 8.00. The van der Waals surface area contributed by atoms with Gasteiger partial charge in [-0.05, 0) is 46.0 Å². The monoisotopic (exact) mass is 588 g/mol. The lowest BCUT2D eigenvalue weighted by Crippen LogP contribution is -2.60. The number of hydrogen-bond donors (Lipinski definition) is 0. The standard InChI is InChI=1S/C39H40O5/c1-29-37(41-25-31-15-7-3-8-16-31)39(43-27-33-21-22-34-19-11-12-20-35(34)23-33)38(42-26-32-17-9-4-10-18-32)36(44-29)28-40-24-30-13-5-2-6-14-30/h2-23,29,36-39H,24-28H2,1H3. The van der Waals surface area contributed by atoms with Crippen molar-refractivity contribution in [2.24, 2.45) is 0 Å². The molecule has 0 spiro atoms. The molecule has 5 unspecified atom stereocenters. The topological polar surface area (TPSA) is 46.2 Å². The maximum absolute atomic E-state index is 6.80. The lowest BCUT2D eigenvalue weighted by Gasteiger charge is -2.45. The molecular weight excluding hydrogens is 548 g/mol. The van der Waals surface area contributed by atoms with Gasteiger partial charge in [-0.15, -0.1) is 0 Å². The van der Waals surface area contributed by atoms with Crippen LogP contribution in [0.25, 0.3) is 10.8 Å². The molecule has 1 fully saturated rings. The molecule has 0 aromatic heterocycles. The van der Waals surface area contributed by atoms with Crippen LogP contribution in [0.2, 0.25) is 0 Å². The van der Waals surface area contributed by atoms with Crippen LogP contribution in [0.15, 0.2) is 133 Å². The molecule has 5 aromatic rings. The van der Waals surface area contributed by atoms with E-state index in [1.807, 2.05) is 54.6 Å². The minimum absolute atomic E-state index is 0.234. The second kappa shape index (κ2) is 15.2. The average Bonchev–Trinajstić information content (AvgIpc) is 3.07. The molecule has 44 heavy (non-hydrogen) atoms. The molecule has 0 saturated carbocycles. The molecule has 1 heterocycles. The van der Waals surface area contributed by atoms with Crippen molar-refractivity contribution in [1.29, 1.82) is 0 Å². The van der Waals surface area contributed by atoms with Crippen molar-refractivity contribution < 1.29 is 23.7 Å².